The number of carbonyl (C=O) groups is 1. The maximum absolute atomic E-state index is 12.7. The Balaban J connectivity index is 2.04. The first-order chi connectivity index (χ1) is 12.3. The van der Waals surface area contributed by atoms with Gasteiger partial charge in [-0.25, -0.2) is 0 Å². The molecule has 136 valence electrons. The van der Waals surface area contributed by atoms with Crippen LogP contribution in [0.2, 0.25) is 0 Å². The monoisotopic (exact) mass is 364 g/mol. The summed E-state index contributed by atoms with van der Waals surface area (Å²) in [6.07, 6.45) is 2.27. The molecule has 0 spiro atoms. The summed E-state index contributed by atoms with van der Waals surface area (Å²) in [5.41, 5.74) is -0.803. The molecule has 0 atom stereocenters. The van der Waals surface area contributed by atoms with Gasteiger partial charge in [-0.1, -0.05) is 23.2 Å². The van der Waals surface area contributed by atoms with Crippen molar-refractivity contribution in [3.63, 3.8) is 0 Å². The molecule has 0 unspecified atom stereocenters. The number of hydrogen-bond donors (Lipinski definition) is 0. The minimum Gasteiger partial charge on any atom is -0.486 e. The van der Waals surface area contributed by atoms with Gasteiger partial charge < -0.3 is 14.2 Å². The van der Waals surface area contributed by atoms with E-state index in [0.29, 0.717) is 0 Å². The van der Waals surface area contributed by atoms with Crippen LogP contribution in [0, 0.1) is 12.3 Å². The van der Waals surface area contributed by atoms with Crippen molar-refractivity contribution >= 4 is 5.91 Å². The second kappa shape index (κ2) is 8.25. The van der Waals surface area contributed by atoms with E-state index in [2.05, 4.69) is 17.7 Å². The highest BCUT2D eigenvalue weighted by atomic mass is 19.4. The summed E-state index contributed by atoms with van der Waals surface area (Å²) >= 11 is 0. The molecule has 8 heteroatoms. The second-order valence-corrected chi connectivity index (χ2v) is 5.17. The van der Waals surface area contributed by atoms with Gasteiger partial charge in [-0.15, -0.1) is 13.0 Å². The highest BCUT2D eigenvalue weighted by molar-refractivity contribution is 5.92. The van der Waals surface area contributed by atoms with Crippen LogP contribution in [0.15, 0.2) is 47.5 Å². The van der Waals surface area contributed by atoms with Crippen molar-refractivity contribution in [2.45, 2.75) is 12.8 Å². The molecule has 0 aliphatic heterocycles. The molecule has 1 amide bonds. The summed E-state index contributed by atoms with van der Waals surface area (Å²) in [6, 6.07) is 5.79. The van der Waals surface area contributed by atoms with Crippen LogP contribution in [0.1, 0.15) is 21.8 Å². The van der Waals surface area contributed by atoms with E-state index in [4.69, 9.17) is 15.7 Å². The number of nitrogens with zero attached hydrogens (tertiary/aromatic N) is 2. The zero-order chi connectivity index (χ0) is 19.2. The van der Waals surface area contributed by atoms with Gasteiger partial charge in [0, 0.05) is 12.6 Å². The van der Waals surface area contributed by atoms with Gasteiger partial charge in [-0.2, -0.15) is 13.2 Å². The summed E-state index contributed by atoms with van der Waals surface area (Å²) < 4.78 is 48.3. The molecular formula is C18H15F3N2O3. The number of ether oxygens (including phenoxy) is 1. The molecule has 0 aliphatic rings. The van der Waals surface area contributed by atoms with Gasteiger partial charge in [0.2, 0.25) is 0 Å². The SMILES string of the molecule is C#CCN(CC=C)C(=O)c1cc(COc2cccc(C(F)(F)F)c2)on1. The Morgan fingerprint density at radius 1 is 1.42 bits per heavy atom. The lowest BCUT2D eigenvalue weighted by molar-refractivity contribution is -0.137. The predicted octanol–water partition coefficient (Wildman–Crippen LogP) is 3.53. The van der Waals surface area contributed by atoms with Crippen molar-refractivity contribution in [3.05, 3.63) is 60.0 Å². The van der Waals surface area contributed by atoms with E-state index < -0.39 is 17.6 Å². The van der Waals surface area contributed by atoms with Crippen molar-refractivity contribution in [1.82, 2.24) is 10.1 Å². The number of halogens is 3. The Kier molecular flexibility index (Phi) is 6.07. The van der Waals surface area contributed by atoms with E-state index in [0.717, 1.165) is 12.1 Å². The van der Waals surface area contributed by atoms with Crippen LogP contribution in [0.4, 0.5) is 13.2 Å². The molecule has 0 fully saturated rings. The van der Waals surface area contributed by atoms with E-state index in [1.54, 1.807) is 0 Å². The van der Waals surface area contributed by atoms with Gasteiger partial charge in [0.25, 0.3) is 5.91 Å². The molecular weight excluding hydrogens is 349 g/mol. The average Bonchev–Trinajstić information content (AvgIpc) is 3.08. The van der Waals surface area contributed by atoms with Crippen LogP contribution < -0.4 is 4.74 Å². The Morgan fingerprint density at radius 2 is 2.19 bits per heavy atom. The first-order valence-corrected chi connectivity index (χ1v) is 7.44. The van der Waals surface area contributed by atoms with Gasteiger partial charge in [0.1, 0.15) is 12.4 Å². The Bertz CT molecular complexity index is 822. The third kappa shape index (κ3) is 4.89. The number of benzene rings is 1. The fraction of sp³-hybridized carbons (Fsp3) is 0.222. The number of hydrogen-bond acceptors (Lipinski definition) is 4. The Morgan fingerprint density at radius 3 is 2.85 bits per heavy atom. The maximum Gasteiger partial charge on any atom is 0.416 e. The zero-order valence-corrected chi connectivity index (χ0v) is 13.6. The topological polar surface area (TPSA) is 55.6 Å². The van der Waals surface area contributed by atoms with E-state index in [9.17, 15) is 18.0 Å². The summed E-state index contributed by atoms with van der Waals surface area (Å²) in [4.78, 5) is 13.6. The molecule has 1 aromatic carbocycles. The van der Waals surface area contributed by atoms with Crippen LogP contribution in [-0.4, -0.2) is 29.1 Å². The van der Waals surface area contributed by atoms with Crippen LogP contribution >= 0.6 is 0 Å². The van der Waals surface area contributed by atoms with E-state index in [-0.39, 0.29) is 36.9 Å². The lowest BCUT2D eigenvalue weighted by atomic mass is 10.2. The first kappa shape index (κ1) is 19.1. The highest BCUT2D eigenvalue weighted by Gasteiger charge is 2.30. The number of terminal acetylenes is 1. The number of aromatic nitrogens is 1. The van der Waals surface area contributed by atoms with Crippen LogP contribution in [0.25, 0.3) is 0 Å². The lowest BCUT2D eigenvalue weighted by Crippen LogP contribution is -2.31. The quantitative estimate of drug-likeness (QED) is 0.557. The van der Waals surface area contributed by atoms with Crippen molar-refractivity contribution in [2.24, 2.45) is 0 Å². The highest BCUT2D eigenvalue weighted by Crippen LogP contribution is 2.31. The third-order valence-corrected chi connectivity index (χ3v) is 3.24. The summed E-state index contributed by atoms with van der Waals surface area (Å²) in [7, 11) is 0. The lowest BCUT2D eigenvalue weighted by Gasteiger charge is -2.16. The molecule has 0 bridgehead atoms. The molecule has 5 nitrogen and oxygen atoms in total. The second-order valence-electron chi connectivity index (χ2n) is 5.17. The molecule has 0 N–H and O–H groups in total. The summed E-state index contributed by atoms with van der Waals surface area (Å²) in [5.74, 6) is 2.11. The van der Waals surface area contributed by atoms with Gasteiger partial charge in [0.15, 0.2) is 11.5 Å². The molecule has 0 aliphatic carbocycles. The van der Waals surface area contributed by atoms with Crippen molar-refractivity contribution in [1.29, 1.82) is 0 Å². The molecule has 0 radical (unpaired) electrons. The summed E-state index contributed by atoms with van der Waals surface area (Å²) in [5, 5.41) is 3.64. The molecule has 26 heavy (non-hydrogen) atoms. The van der Waals surface area contributed by atoms with Crippen molar-refractivity contribution < 1.29 is 27.2 Å². The van der Waals surface area contributed by atoms with Crippen LogP contribution in [-0.2, 0) is 12.8 Å². The van der Waals surface area contributed by atoms with Gasteiger partial charge in [0.05, 0.1) is 12.1 Å². The van der Waals surface area contributed by atoms with Crippen molar-refractivity contribution in [3.8, 4) is 18.1 Å². The van der Waals surface area contributed by atoms with E-state index in [1.165, 1.54) is 29.2 Å². The minimum atomic E-state index is -4.46. The number of carbonyl (C=O) groups excluding carboxylic acids is 1. The Labute approximate surface area is 148 Å². The maximum atomic E-state index is 12.7. The molecule has 2 aromatic rings. The Hall–Kier alpha value is -3.21. The van der Waals surface area contributed by atoms with Crippen molar-refractivity contribution in [2.75, 3.05) is 13.1 Å². The van der Waals surface area contributed by atoms with Gasteiger partial charge >= 0.3 is 6.18 Å². The number of rotatable bonds is 7. The zero-order valence-electron chi connectivity index (χ0n) is 13.6. The normalized spacial score (nSPS) is 10.8. The minimum absolute atomic E-state index is 0.0183. The molecule has 0 saturated heterocycles. The largest absolute Gasteiger partial charge is 0.486 e. The van der Waals surface area contributed by atoms with Crippen LogP contribution in [0.3, 0.4) is 0 Å². The summed E-state index contributed by atoms with van der Waals surface area (Å²) in [6.45, 7) is 3.68. The van der Waals surface area contributed by atoms with E-state index >= 15 is 0 Å². The molecule has 1 heterocycles. The third-order valence-electron chi connectivity index (χ3n) is 3.24. The fourth-order valence-corrected chi connectivity index (χ4v) is 2.05. The van der Waals surface area contributed by atoms with Crippen LogP contribution in [0.5, 0.6) is 5.75 Å². The van der Waals surface area contributed by atoms with Gasteiger partial charge in [-0.05, 0) is 18.2 Å². The smallest absolute Gasteiger partial charge is 0.416 e. The molecule has 1 aromatic heterocycles. The van der Waals surface area contributed by atoms with Gasteiger partial charge in [-0.3, -0.25) is 4.79 Å². The predicted molar refractivity (Wildman–Crippen MR) is 87.2 cm³/mol. The molecule has 2 rings (SSSR count). The first-order valence-electron chi connectivity index (χ1n) is 7.44. The van der Waals surface area contributed by atoms with E-state index in [1.807, 2.05) is 0 Å². The standard InChI is InChI=1S/C18H15F3N2O3/c1-3-8-23(9-4-2)17(24)16-11-15(26-22-16)12-25-14-7-5-6-13(10-14)18(19,20)21/h1,4-7,10-11H,2,8-9,12H2. The molecule has 0 saturated carbocycles. The number of alkyl halides is 3. The number of amides is 1. The fourth-order valence-electron chi connectivity index (χ4n) is 2.05. The average molecular weight is 364 g/mol.